The molecule has 0 radical (unpaired) electrons. The quantitative estimate of drug-likeness (QED) is 0.597. The first-order chi connectivity index (χ1) is 13.7. The van der Waals surface area contributed by atoms with Crippen LogP contribution in [0.15, 0.2) is 91.0 Å². The van der Waals surface area contributed by atoms with Crippen LogP contribution < -0.4 is 5.32 Å². The van der Waals surface area contributed by atoms with Gasteiger partial charge in [0.25, 0.3) is 0 Å². The second-order valence-corrected chi connectivity index (χ2v) is 6.49. The van der Waals surface area contributed by atoms with Crippen LogP contribution in [0.2, 0.25) is 0 Å². The van der Waals surface area contributed by atoms with E-state index in [-0.39, 0.29) is 12.0 Å². The highest BCUT2D eigenvalue weighted by Crippen LogP contribution is 2.28. The number of nitrogens with one attached hydrogen (secondary N) is 1. The van der Waals surface area contributed by atoms with Crippen molar-refractivity contribution in [2.24, 2.45) is 0 Å². The summed E-state index contributed by atoms with van der Waals surface area (Å²) in [5.74, 6) is -0.368. The number of carbonyl (C=O) groups is 1. The minimum Gasteiger partial charge on any atom is -0.468 e. The second-order valence-electron chi connectivity index (χ2n) is 6.49. The molecule has 28 heavy (non-hydrogen) atoms. The van der Waals surface area contributed by atoms with Gasteiger partial charge < -0.3 is 9.47 Å². The molecule has 4 nitrogen and oxygen atoms in total. The van der Waals surface area contributed by atoms with Crippen LogP contribution in [0.3, 0.4) is 0 Å². The minimum absolute atomic E-state index is 0.187. The highest BCUT2D eigenvalue weighted by molar-refractivity contribution is 5.77. The Bertz CT molecular complexity index is 813. The summed E-state index contributed by atoms with van der Waals surface area (Å²) in [7, 11) is 3.00. The van der Waals surface area contributed by atoms with Gasteiger partial charge in [0.2, 0.25) is 0 Å². The molecule has 3 aromatic rings. The van der Waals surface area contributed by atoms with E-state index in [1.807, 2.05) is 91.0 Å². The summed E-state index contributed by atoms with van der Waals surface area (Å²) < 4.78 is 10.8. The monoisotopic (exact) mass is 375 g/mol. The summed E-state index contributed by atoms with van der Waals surface area (Å²) in [6.07, 6.45) is -0.483. The maximum atomic E-state index is 12.7. The van der Waals surface area contributed by atoms with E-state index in [0.29, 0.717) is 0 Å². The zero-order valence-electron chi connectivity index (χ0n) is 16.1. The van der Waals surface area contributed by atoms with Gasteiger partial charge >= 0.3 is 5.97 Å². The van der Waals surface area contributed by atoms with Gasteiger partial charge in [0.05, 0.1) is 13.2 Å². The SMILES string of the molecule is COC(=O)[C@@H](NC(c1ccccc1)c1ccccc1)C(OC)c1ccccc1. The lowest BCUT2D eigenvalue weighted by atomic mass is 9.95. The van der Waals surface area contributed by atoms with Gasteiger partial charge in [-0.3, -0.25) is 10.1 Å². The molecule has 0 aliphatic carbocycles. The Kier molecular flexibility index (Phi) is 6.95. The summed E-state index contributed by atoms with van der Waals surface area (Å²) in [5, 5.41) is 3.49. The number of benzene rings is 3. The zero-order chi connectivity index (χ0) is 19.8. The fourth-order valence-electron chi connectivity index (χ4n) is 3.37. The topological polar surface area (TPSA) is 47.6 Å². The maximum Gasteiger partial charge on any atom is 0.325 e. The third kappa shape index (κ3) is 4.66. The van der Waals surface area contributed by atoms with Crippen molar-refractivity contribution in [3.63, 3.8) is 0 Å². The molecule has 0 aliphatic heterocycles. The van der Waals surface area contributed by atoms with Gasteiger partial charge in [0, 0.05) is 7.11 Å². The van der Waals surface area contributed by atoms with Crippen molar-refractivity contribution in [1.82, 2.24) is 5.32 Å². The number of rotatable bonds is 8. The summed E-state index contributed by atoms with van der Waals surface area (Å²) in [4.78, 5) is 12.7. The van der Waals surface area contributed by atoms with Crippen molar-refractivity contribution in [2.45, 2.75) is 18.2 Å². The second kappa shape index (κ2) is 9.83. The Labute approximate surface area is 166 Å². The number of hydrogen-bond donors (Lipinski definition) is 1. The molecule has 0 saturated carbocycles. The van der Waals surface area contributed by atoms with Crippen LogP contribution in [0.1, 0.15) is 28.8 Å². The molecule has 0 amide bonds. The van der Waals surface area contributed by atoms with Crippen LogP contribution in [-0.2, 0) is 14.3 Å². The molecule has 3 rings (SSSR count). The van der Waals surface area contributed by atoms with Crippen LogP contribution in [0.5, 0.6) is 0 Å². The molecule has 1 N–H and O–H groups in total. The molecule has 3 aromatic carbocycles. The zero-order valence-corrected chi connectivity index (χ0v) is 16.1. The van der Waals surface area contributed by atoms with Gasteiger partial charge in [-0.25, -0.2) is 0 Å². The largest absolute Gasteiger partial charge is 0.468 e. The van der Waals surface area contributed by atoms with Gasteiger partial charge in [-0.15, -0.1) is 0 Å². The van der Waals surface area contributed by atoms with Crippen LogP contribution in [0.25, 0.3) is 0 Å². The van der Waals surface area contributed by atoms with Crippen molar-refractivity contribution in [3.8, 4) is 0 Å². The first-order valence-electron chi connectivity index (χ1n) is 9.26. The van der Waals surface area contributed by atoms with E-state index in [4.69, 9.17) is 9.47 Å². The normalized spacial score (nSPS) is 13.1. The number of methoxy groups -OCH3 is 2. The Hall–Kier alpha value is -2.95. The molecule has 0 saturated heterocycles. The molecular formula is C24H25NO3. The van der Waals surface area contributed by atoms with Crippen LogP contribution in [0, 0.1) is 0 Å². The molecule has 144 valence electrons. The first-order valence-corrected chi connectivity index (χ1v) is 9.26. The van der Waals surface area contributed by atoms with Crippen molar-refractivity contribution in [1.29, 1.82) is 0 Å². The molecule has 2 atom stereocenters. The smallest absolute Gasteiger partial charge is 0.325 e. The average molecular weight is 375 g/mol. The first kappa shape index (κ1) is 19.8. The van der Waals surface area contributed by atoms with Crippen molar-refractivity contribution in [3.05, 3.63) is 108 Å². The molecule has 0 heterocycles. The van der Waals surface area contributed by atoms with Gasteiger partial charge in [-0.1, -0.05) is 91.0 Å². The Morgan fingerprint density at radius 2 is 1.14 bits per heavy atom. The average Bonchev–Trinajstić information content (AvgIpc) is 2.78. The lowest BCUT2D eigenvalue weighted by Crippen LogP contribution is -2.45. The lowest BCUT2D eigenvalue weighted by molar-refractivity contribution is -0.147. The van der Waals surface area contributed by atoms with E-state index in [9.17, 15) is 4.79 Å². The molecule has 0 fully saturated rings. The van der Waals surface area contributed by atoms with Crippen molar-refractivity contribution < 1.29 is 14.3 Å². The molecule has 0 spiro atoms. The summed E-state index contributed by atoms with van der Waals surface area (Å²) >= 11 is 0. The van der Waals surface area contributed by atoms with Crippen molar-refractivity contribution in [2.75, 3.05) is 14.2 Å². The predicted molar refractivity (Wildman–Crippen MR) is 110 cm³/mol. The summed E-state index contributed by atoms with van der Waals surface area (Å²) in [6.45, 7) is 0. The molecule has 0 bridgehead atoms. The van der Waals surface area contributed by atoms with E-state index >= 15 is 0 Å². The van der Waals surface area contributed by atoms with Gasteiger partial charge in [-0.05, 0) is 16.7 Å². The highest BCUT2D eigenvalue weighted by Gasteiger charge is 2.33. The highest BCUT2D eigenvalue weighted by atomic mass is 16.5. The third-order valence-corrected chi connectivity index (χ3v) is 4.75. The third-order valence-electron chi connectivity index (χ3n) is 4.75. The van der Waals surface area contributed by atoms with Gasteiger partial charge in [0.1, 0.15) is 12.1 Å². The Morgan fingerprint density at radius 3 is 1.54 bits per heavy atom. The fraction of sp³-hybridized carbons (Fsp3) is 0.208. The van der Waals surface area contributed by atoms with E-state index < -0.39 is 12.1 Å². The lowest BCUT2D eigenvalue weighted by Gasteiger charge is -2.30. The molecule has 4 heteroatoms. The molecule has 0 aliphatic rings. The van der Waals surface area contributed by atoms with Crippen LogP contribution >= 0.6 is 0 Å². The van der Waals surface area contributed by atoms with E-state index in [0.717, 1.165) is 16.7 Å². The summed E-state index contributed by atoms with van der Waals surface area (Å²) in [5.41, 5.74) is 3.03. The number of esters is 1. The number of ether oxygens (including phenoxy) is 2. The van der Waals surface area contributed by atoms with E-state index in [1.54, 1.807) is 7.11 Å². The maximum absolute atomic E-state index is 12.7. The van der Waals surface area contributed by atoms with Crippen LogP contribution in [-0.4, -0.2) is 26.2 Å². The number of carbonyl (C=O) groups excluding carboxylic acids is 1. The predicted octanol–water partition coefficient (Wildman–Crippen LogP) is 4.29. The molecular weight excluding hydrogens is 350 g/mol. The Morgan fingerprint density at radius 1 is 0.714 bits per heavy atom. The Balaban J connectivity index is 2.00. The van der Waals surface area contributed by atoms with Gasteiger partial charge in [0.15, 0.2) is 0 Å². The van der Waals surface area contributed by atoms with E-state index in [2.05, 4.69) is 5.32 Å². The molecule has 1 unspecified atom stereocenters. The standard InChI is InChI=1S/C24H25NO3/c1-27-23(20-16-10-5-11-17-20)22(24(26)28-2)25-21(18-12-6-3-7-13-18)19-14-8-4-9-15-19/h3-17,21-23,25H,1-2H3/t22-,23?/m0/s1. The fourth-order valence-corrected chi connectivity index (χ4v) is 3.37. The van der Waals surface area contributed by atoms with Crippen LogP contribution in [0.4, 0.5) is 0 Å². The minimum atomic E-state index is -0.678. The number of hydrogen-bond acceptors (Lipinski definition) is 4. The van der Waals surface area contributed by atoms with Gasteiger partial charge in [-0.2, -0.15) is 0 Å². The summed E-state index contributed by atoms with van der Waals surface area (Å²) in [6, 6.07) is 28.9. The molecule has 0 aromatic heterocycles. The van der Waals surface area contributed by atoms with Crippen molar-refractivity contribution >= 4 is 5.97 Å². The van der Waals surface area contributed by atoms with E-state index in [1.165, 1.54) is 7.11 Å².